The van der Waals surface area contributed by atoms with E-state index in [9.17, 15) is 18.0 Å². The number of nitrogens with zero attached hydrogens (tertiary/aromatic N) is 3. The van der Waals surface area contributed by atoms with Gasteiger partial charge >= 0.3 is 18.1 Å². The minimum atomic E-state index is -4.71. The Labute approximate surface area is 87.2 Å². The number of anilines is 1. The molecular formula is C7H7F3N4O2. The molecule has 0 bridgehead atoms. The molecule has 0 radical (unpaired) electrons. The van der Waals surface area contributed by atoms with Crippen molar-refractivity contribution in [3.05, 3.63) is 5.89 Å². The fourth-order valence-corrected chi connectivity index (χ4v) is 1.36. The zero-order valence-corrected chi connectivity index (χ0v) is 7.86. The van der Waals surface area contributed by atoms with Gasteiger partial charge in [0.15, 0.2) is 0 Å². The first kappa shape index (κ1) is 10.9. The molecule has 1 aliphatic heterocycles. The number of rotatable bonds is 1. The van der Waals surface area contributed by atoms with Crippen LogP contribution in [-0.4, -0.2) is 28.7 Å². The van der Waals surface area contributed by atoms with Crippen LogP contribution in [0.3, 0.4) is 0 Å². The van der Waals surface area contributed by atoms with Crippen LogP contribution in [0, 0.1) is 0 Å². The Kier molecular flexibility index (Phi) is 2.34. The molecule has 88 valence electrons. The average Bonchev–Trinajstić information content (AvgIpc) is 2.70. The van der Waals surface area contributed by atoms with Gasteiger partial charge in [0.25, 0.3) is 0 Å². The van der Waals surface area contributed by atoms with Crippen LogP contribution in [0.2, 0.25) is 0 Å². The van der Waals surface area contributed by atoms with Crippen LogP contribution < -0.4 is 10.6 Å². The van der Waals surface area contributed by atoms with Crippen molar-refractivity contribution >= 4 is 11.9 Å². The lowest BCUT2D eigenvalue weighted by atomic mass is 10.3. The lowest BCUT2D eigenvalue weighted by Gasteiger charge is -2.08. The van der Waals surface area contributed by atoms with Crippen LogP contribution >= 0.6 is 0 Å². The SMILES string of the molecule is NC1CC(=O)N(c2nnc(C(F)(F)F)o2)C1. The molecule has 1 amide bonds. The summed E-state index contributed by atoms with van der Waals surface area (Å²) in [6.45, 7) is 0.0817. The maximum absolute atomic E-state index is 12.1. The van der Waals surface area contributed by atoms with Crippen molar-refractivity contribution in [1.29, 1.82) is 0 Å². The lowest BCUT2D eigenvalue weighted by Crippen LogP contribution is -2.28. The molecule has 1 unspecified atom stereocenters. The molecule has 0 saturated carbocycles. The summed E-state index contributed by atoms with van der Waals surface area (Å²) in [4.78, 5) is 12.2. The van der Waals surface area contributed by atoms with Crippen LogP contribution in [-0.2, 0) is 11.0 Å². The van der Waals surface area contributed by atoms with Gasteiger partial charge in [-0.3, -0.25) is 9.69 Å². The molecule has 6 nitrogen and oxygen atoms in total. The Balaban J connectivity index is 2.23. The highest BCUT2D eigenvalue weighted by atomic mass is 19.4. The molecule has 16 heavy (non-hydrogen) atoms. The zero-order valence-electron chi connectivity index (χ0n) is 7.86. The summed E-state index contributed by atoms with van der Waals surface area (Å²) in [7, 11) is 0. The summed E-state index contributed by atoms with van der Waals surface area (Å²) in [6, 6.07) is -0.890. The number of carbonyl (C=O) groups excluding carboxylic acids is 1. The first-order valence-electron chi connectivity index (χ1n) is 4.34. The maximum atomic E-state index is 12.1. The third kappa shape index (κ3) is 1.85. The van der Waals surface area contributed by atoms with Crippen LogP contribution in [0.25, 0.3) is 0 Å². The Bertz CT molecular complexity index is 416. The van der Waals surface area contributed by atoms with Gasteiger partial charge in [-0.15, -0.1) is 5.10 Å². The molecule has 2 rings (SSSR count). The van der Waals surface area contributed by atoms with Gasteiger partial charge in [-0.1, -0.05) is 5.10 Å². The largest absolute Gasteiger partial charge is 0.470 e. The van der Waals surface area contributed by atoms with Gasteiger partial charge in [0.1, 0.15) is 0 Å². The van der Waals surface area contributed by atoms with E-state index in [4.69, 9.17) is 5.73 Å². The normalized spacial score (nSPS) is 21.9. The summed E-state index contributed by atoms with van der Waals surface area (Å²) >= 11 is 0. The number of alkyl halides is 3. The van der Waals surface area contributed by atoms with Gasteiger partial charge in [0.2, 0.25) is 5.91 Å². The monoisotopic (exact) mass is 236 g/mol. The molecule has 1 atom stereocenters. The molecule has 1 aliphatic rings. The first-order chi connectivity index (χ1) is 7.38. The number of hydrogen-bond acceptors (Lipinski definition) is 5. The molecule has 1 saturated heterocycles. The quantitative estimate of drug-likeness (QED) is 0.750. The second-order valence-corrected chi connectivity index (χ2v) is 3.36. The average molecular weight is 236 g/mol. The molecular weight excluding hydrogens is 229 g/mol. The standard InChI is InChI=1S/C7H7F3N4O2/c8-7(9,10)5-12-13-6(16-5)14-2-3(11)1-4(14)15/h3H,1-2,11H2. The zero-order chi connectivity index (χ0) is 11.9. The van der Waals surface area contributed by atoms with E-state index in [2.05, 4.69) is 14.6 Å². The molecule has 1 fully saturated rings. The van der Waals surface area contributed by atoms with Crippen molar-refractivity contribution in [3.63, 3.8) is 0 Å². The van der Waals surface area contributed by atoms with Gasteiger partial charge in [0.05, 0.1) is 0 Å². The smallest absolute Gasteiger partial charge is 0.399 e. The topological polar surface area (TPSA) is 85.3 Å². The van der Waals surface area contributed by atoms with E-state index in [0.717, 1.165) is 4.90 Å². The van der Waals surface area contributed by atoms with Crippen molar-refractivity contribution in [1.82, 2.24) is 10.2 Å². The predicted molar refractivity (Wildman–Crippen MR) is 44.2 cm³/mol. The van der Waals surface area contributed by atoms with E-state index in [1.54, 1.807) is 0 Å². The summed E-state index contributed by atoms with van der Waals surface area (Å²) in [5.74, 6) is -1.90. The summed E-state index contributed by atoms with van der Waals surface area (Å²) in [5.41, 5.74) is 5.47. The molecule has 1 aromatic rings. The fraction of sp³-hybridized carbons (Fsp3) is 0.571. The van der Waals surface area contributed by atoms with E-state index in [0.29, 0.717) is 0 Å². The van der Waals surface area contributed by atoms with Crippen molar-refractivity contribution in [2.75, 3.05) is 11.4 Å². The van der Waals surface area contributed by atoms with Crippen LogP contribution in [0.4, 0.5) is 19.2 Å². The number of aromatic nitrogens is 2. The summed E-state index contributed by atoms with van der Waals surface area (Å²) < 4.78 is 40.8. The Hall–Kier alpha value is -1.64. The molecule has 9 heteroatoms. The van der Waals surface area contributed by atoms with Crippen molar-refractivity contribution in [3.8, 4) is 0 Å². The Morgan fingerprint density at radius 2 is 2.12 bits per heavy atom. The molecule has 2 N–H and O–H groups in total. The second-order valence-electron chi connectivity index (χ2n) is 3.36. The van der Waals surface area contributed by atoms with E-state index < -0.39 is 30.0 Å². The fourth-order valence-electron chi connectivity index (χ4n) is 1.36. The predicted octanol–water partition coefficient (Wildman–Crippen LogP) is 0.152. The van der Waals surface area contributed by atoms with Gasteiger partial charge in [0, 0.05) is 19.0 Å². The third-order valence-electron chi connectivity index (χ3n) is 2.04. The minimum Gasteiger partial charge on any atom is -0.399 e. The minimum absolute atomic E-state index is 0.0593. The van der Waals surface area contributed by atoms with Crippen LogP contribution in [0.1, 0.15) is 12.3 Å². The number of carbonyl (C=O) groups is 1. The number of hydrogen-bond donors (Lipinski definition) is 1. The third-order valence-corrected chi connectivity index (χ3v) is 2.04. The molecule has 0 aromatic carbocycles. The van der Waals surface area contributed by atoms with Crippen molar-refractivity contribution < 1.29 is 22.4 Å². The second kappa shape index (κ2) is 3.44. The van der Waals surface area contributed by atoms with Crippen LogP contribution in [0.5, 0.6) is 0 Å². The van der Waals surface area contributed by atoms with Crippen LogP contribution in [0.15, 0.2) is 4.42 Å². The molecule has 0 spiro atoms. The molecule has 0 aliphatic carbocycles. The molecule has 2 heterocycles. The lowest BCUT2D eigenvalue weighted by molar-refractivity contribution is -0.157. The highest BCUT2D eigenvalue weighted by Gasteiger charge is 2.40. The maximum Gasteiger partial charge on any atom is 0.470 e. The number of halogens is 3. The molecule has 1 aromatic heterocycles. The van der Waals surface area contributed by atoms with E-state index in [-0.39, 0.29) is 13.0 Å². The van der Waals surface area contributed by atoms with Crippen molar-refractivity contribution in [2.24, 2.45) is 5.73 Å². The Morgan fingerprint density at radius 3 is 2.56 bits per heavy atom. The van der Waals surface area contributed by atoms with Gasteiger partial charge < -0.3 is 10.2 Å². The van der Waals surface area contributed by atoms with Gasteiger partial charge in [-0.05, 0) is 0 Å². The summed E-state index contributed by atoms with van der Waals surface area (Å²) in [6.07, 6.45) is -4.65. The number of amides is 1. The van der Waals surface area contributed by atoms with E-state index >= 15 is 0 Å². The van der Waals surface area contributed by atoms with Gasteiger partial charge in [-0.25, -0.2) is 0 Å². The Morgan fingerprint density at radius 1 is 1.44 bits per heavy atom. The van der Waals surface area contributed by atoms with Gasteiger partial charge in [-0.2, -0.15) is 13.2 Å². The highest BCUT2D eigenvalue weighted by Crippen LogP contribution is 2.30. The van der Waals surface area contributed by atoms with E-state index in [1.807, 2.05) is 0 Å². The summed E-state index contributed by atoms with van der Waals surface area (Å²) in [5, 5.41) is 5.98. The number of nitrogens with two attached hydrogens (primary N) is 1. The first-order valence-corrected chi connectivity index (χ1v) is 4.34. The highest BCUT2D eigenvalue weighted by molar-refractivity contribution is 5.94. The van der Waals surface area contributed by atoms with E-state index in [1.165, 1.54) is 0 Å². The van der Waals surface area contributed by atoms with Crippen molar-refractivity contribution in [2.45, 2.75) is 18.6 Å².